The van der Waals surface area contributed by atoms with Gasteiger partial charge < -0.3 is 5.32 Å². The number of hydrogen-bond donors (Lipinski definition) is 3. The third-order valence-electron chi connectivity index (χ3n) is 3.11. The molecule has 0 aliphatic carbocycles. The van der Waals surface area contributed by atoms with Gasteiger partial charge in [-0.3, -0.25) is 14.4 Å². The predicted octanol–water partition coefficient (Wildman–Crippen LogP) is 3.10. The molecule has 0 fully saturated rings. The number of hydrogen-bond acceptors (Lipinski definition) is 4. The molecule has 0 spiro atoms. The van der Waals surface area contributed by atoms with Crippen LogP contribution in [0, 0.1) is 5.82 Å². The van der Waals surface area contributed by atoms with Crippen molar-refractivity contribution < 1.29 is 14.4 Å². The SMILES string of the molecule is O=C(NO)c1ccc2cncn2c1Nc1ccc(Br)cc1F. The molecule has 22 heavy (non-hydrogen) atoms. The van der Waals surface area contributed by atoms with E-state index in [1.54, 1.807) is 28.2 Å². The summed E-state index contributed by atoms with van der Waals surface area (Å²) in [6.45, 7) is 0. The number of benzene rings is 1. The Balaban J connectivity index is 2.15. The molecule has 6 nitrogen and oxygen atoms in total. The van der Waals surface area contributed by atoms with Gasteiger partial charge in [-0.1, -0.05) is 15.9 Å². The number of nitrogens with one attached hydrogen (secondary N) is 2. The summed E-state index contributed by atoms with van der Waals surface area (Å²) in [5, 5.41) is 11.7. The minimum atomic E-state index is -0.712. The molecular weight excluding hydrogens is 355 g/mol. The van der Waals surface area contributed by atoms with E-state index in [4.69, 9.17) is 5.21 Å². The number of hydroxylamine groups is 1. The molecule has 0 saturated heterocycles. The van der Waals surface area contributed by atoms with Crippen molar-refractivity contribution in [1.82, 2.24) is 14.9 Å². The van der Waals surface area contributed by atoms with Crippen molar-refractivity contribution in [3.8, 4) is 0 Å². The molecule has 1 aromatic carbocycles. The molecule has 3 N–H and O–H groups in total. The third kappa shape index (κ3) is 2.53. The van der Waals surface area contributed by atoms with Gasteiger partial charge in [0.15, 0.2) is 0 Å². The lowest BCUT2D eigenvalue weighted by molar-refractivity contribution is 0.0707. The van der Waals surface area contributed by atoms with E-state index in [1.165, 1.54) is 24.5 Å². The van der Waals surface area contributed by atoms with Gasteiger partial charge in [0.1, 0.15) is 18.0 Å². The monoisotopic (exact) mass is 364 g/mol. The Labute approximate surface area is 132 Å². The first-order valence-corrected chi connectivity index (χ1v) is 7.01. The summed E-state index contributed by atoms with van der Waals surface area (Å²) in [6, 6.07) is 7.70. The van der Waals surface area contributed by atoms with Crippen LogP contribution < -0.4 is 10.8 Å². The van der Waals surface area contributed by atoms with E-state index in [9.17, 15) is 9.18 Å². The zero-order valence-electron chi connectivity index (χ0n) is 11.0. The summed E-state index contributed by atoms with van der Waals surface area (Å²) in [7, 11) is 0. The minimum absolute atomic E-state index is 0.148. The molecule has 1 amide bonds. The van der Waals surface area contributed by atoms with Crippen LogP contribution in [-0.4, -0.2) is 20.5 Å². The maximum atomic E-state index is 14.0. The first-order chi connectivity index (χ1) is 10.6. The van der Waals surface area contributed by atoms with Gasteiger partial charge in [0.2, 0.25) is 0 Å². The van der Waals surface area contributed by atoms with Crippen molar-refractivity contribution >= 4 is 38.9 Å². The molecular formula is C14H10BrFN4O2. The zero-order valence-corrected chi connectivity index (χ0v) is 12.6. The summed E-state index contributed by atoms with van der Waals surface area (Å²) < 4.78 is 16.2. The number of carbonyl (C=O) groups excluding carboxylic acids is 1. The number of amides is 1. The second-order valence-corrected chi connectivity index (χ2v) is 5.39. The molecule has 0 atom stereocenters. The van der Waals surface area contributed by atoms with Gasteiger partial charge in [0, 0.05) is 4.47 Å². The fourth-order valence-electron chi connectivity index (χ4n) is 2.08. The van der Waals surface area contributed by atoms with Gasteiger partial charge >= 0.3 is 0 Å². The summed E-state index contributed by atoms with van der Waals surface area (Å²) in [6.07, 6.45) is 3.09. The quantitative estimate of drug-likeness (QED) is 0.492. The second-order valence-electron chi connectivity index (χ2n) is 4.47. The summed E-state index contributed by atoms with van der Waals surface area (Å²) in [5.74, 6) is -0.903. The van der Waals surface area contributed by atoms with Crippen molar-refractivity contribution in [1.29, 1.82) is 0 Å². The first-order valence-electron chi connectivity index (χ1n) is 6.21. The van der Waals surface area contributed by atoms with E-state index in [0.29, 0.717) is 10.3 Å². The number of fused-ring (bicyclic) bond motifs is 1. The molecule has 8 heteroatoms. The van der Waals surface area contributed by atoms with Gasteiger partial charge in [-0.25, -0.2) is 14.9 Å². The second kappa shape index (κ2) is 5.74. The van der Waals surface area contributed by atoms with E-state index >= 15 is 0 Å². The average molecular weight is 365 g/mol. The van der Waals surface area contributed by atoms with E-state index < -0.39 is 11.7 Å². The molecule has 2 heterocycles. The summed E-state index contributed by atoms with van der Waals surface area (Å²) in [4.78, 5) is 15.8. The van der Waals surface area contributed by atoms with Crippen LogP contribution in [0.1, 0.15) is 10.4 Å². The molecule has 0 aliphatic rings. The number of halogens is 2. The van der Waals surface area contributed by atoms with Crippen molar-refractivity contribution in [2.75, 3.05) is 5.32 Å². The number of pyridine rings is 1. The lowest BCUT2D eigenvalue weighted by atomic mass is 10.2. The smallest absolute Gasteiger partial charge is 0.278 e. The number of imidazole rings is 1. The van der Waals surface area contributed by atoms with Crippen LogP contribution in [0.15, 0.2) is 47.3 Å². The normalized spacial score (nSPS) is 10.7. The molecule has 0 bridgehead atoms. The Bertz CT molecular complexity index is 865. The average Bonchev–Trinajstić information content (AvgIpc) is 2.98. The van der Waals surface area contributed by atoms with Crippen LogP contribution in [0.25, 0.3) is 5.52 Å². The van der Waals surface area contributed by atoms with Crippen LogP contribution in [0.4, 0.5) is 15.9 Å². The molecule has 0 unspecified atom stereocenters. The van der Waals surface area contributed by atoms with Crippen molar-refractivity contribution in [2.45, 2.75) is 0 Å². The maximum Gasteiger partial charge on any atom is 0.278 e. The van der Waals surface area contributed by atoms with Crippen LogP contribution in [0.2, 0.25) is 0 Å². The zero-order chi connectivity index (χ0) is 15.7. The first kappa shape index (κ1) is 14.5. The van der Waals surface area contributed by atoms with Crippen LogP contribution in [0.3, 0.4) is 0 Å². The van der Waals surface area contributed by atoms with Crippen molar-refractivity contribution in [3.05, 3.63) is 58.7 Å². The van der Waals surface area contributed by atoms with Gasteiger partial charge in [-0.2, -0.15) is 0 Å². The highest BCUT2D eigenvalue weighted by atomic mass is 79.9. The van der Waals surface area contributed by atoms with Gasteiger partial charge in [0.05, 0.1) is 23.0 Å². The summed E-state index contributed by atoms with van der Waals surface area (Å²) in [5.41, 5.74) is 2.63. The third-order valence-corrected chi connectivity index (χ3v) is 3.61. The predicted molar refractivity (Wildman–Crippen MR) is 81.8 cm³/mol. The maximum absolute atomic E-state index is 14.0. The fraction of sp³-hybridized carbons (Fsp3) is 0. The standard InChI is InChI=1S/C14H10BrFN4O2/c15-8-1-4-12(11(16)5-8)18-13-10(14(21)19-22)3-2-9-6-17-7-20(9)13/h1-7,18,22H,(H,19,21). The molecule has 0 radical (unpaired) electrons. The van der Waals surface area contributed by atoms with E-state index in [1.807, 2.05) is 0 Å². The van der Waals surface area contributed by atoms with Gasteiger partial charge in [-0.05, 0) is 30.3 Å². The fourth-order valence-corrected chi connectivity index (χ4v) is 2.42. The van der Waals surface area contributed by atoms with Crippen LogP contribution in [-0.2, 0) is 0 Å². The summed E-state index contributed by atoms with van der Waals surface area (Å²) >= 11 is 3.18. The minimum Gasteiger partial charge on any atom is -0.338 e. The molecule has 112 valence electrons. The number of carbonyl (C=O) groups is 1. The molecule has 3 rings (SSSR count). The Morgan fingerprint density at radius 1 is 1.32 bits per heavy atom. The highest BCUT2D eigenvalue weighted by molar-refractivity contribution is 9.10. The van der Waals surface area contributed by atoms with Crippen molar-refractivity contribution in [3.63, 3.8) is 0 Å². The molecule has 3 aromatic rings. The Morgan fingerprint density at radius 3 is 2.86 bits per heavy atom. The number of aromatic nitrogens is 2. The Hall–Kier alpha value is -2.45. The lowest BCUT2D eigenvalue weighted by Crippen LogP contribution is -2.21. The number of anilines is 2. The van der Waals surface area contributed by atoms with E-state index in [0.717, 1.165) is 5.52 Å². The number of rotatable bonds is 3. The Kier molecular flexibility index (Phi) is 3.78. The highest BCUT2D eigenvalue weighted by Gasteiger charge is 2.16. The molecule has 0 aliphatic heterocycles. The van der Waals surface area contributed by atoms with Gasteiger partial charge in [-0.15, -0.1) is 0 Å². The van der Waals surface area contributed by atoms with E-state index in [2.05, 4.69) is 26.2 Å². The highest BCUT2D eigenvalue weighted by Crippen LogP contribution is 2.26. The van der Waals surface area contributed by atoms with Crippen LogP contribution >= 0.6 is 15.9 Å². The number of nitrogens with zero attached hydrogens (tertiary/aromatic N) is 2. The van der Waals surface area contributed by atoms with E-state index in [-0.39, 0.29) is 11.3 Å². The lowest BCUT2D eigenvalue weighted by Gasteiger charge is -2.14. The molecule has 0 saturated carbocycles. The van der Waals surface area contributed by atoms with Gasteiger partial charge in [0.25, 0.3) is 5.91 Å². The van der Waals surface area contributed by atoms with Crippen molar-refractivity contribution in [2.24, 2.45) is 0 Å². The Morgan fingerprint density at radius 2 is 2.14 bits per heavy atom. The van der Waals surface area contributed by atoms with Crippen LogP contribution in [0.5, 0.6) is 0 Å². The topological polar surface area (TPSA) is 78.7 Å². The largest absolute Gasteiger partial charge is 0.338 e. The molecule has 2 aromatic heterocycles.